The lowest BCUT2D eigenvalue weighted by atomic mass is 9.49. The molecule has 1 amide bonds. The van der Waals surface area contributed by atoms with Crippen LogP contribution in [0.1, 0.15) is 37.7 Å². The molecule has 25 heavy (non-hydrogen) atoms. The zero-order chi connectivity index (χ0) is 16.7. The molecule has 1 aromatic rings. The van der Waals surface area contributed by atoms with E-state index in [-0.39, 0.29) is 23.9 Å². The molecule has 0 saturated heterocycles. The molecule has 4 fully saturated rings. The number of amides is 1. The molecule has 0 radical (unpaired) electrons. The van der Waals surface area contributed by atoms with Crippen LogP contribution in [-0.2, 0) is 11.2 Å². The Morgan fingerprint density at radius 2 is 1.68 bits per heavy atom. The summed E-state index contributed by atoms with van der Waals surface area (Å²) in [5, 5.41) is 3.13. The van der Waals surface area contributed by atoms with E-state index < -0.39 is 0 Å². The molecular formula is C20H29ClN2O2. The summed E-state index contributed by atoms with van der Waals surface area (Å²) in [4.78, 5) is 12.3. The van der Waals surface area contributed by atoms with Crippen LogP contribution in [0.15, 0.2) is 24.3 Å². The summed E-state index contributed by atoms with van der Waals surface area (Å²) in [6.07, 6.45) is 6.93. The molecule has 5 heteroatoms. The van der Waals surface area contributed by atoms with E-state index in [2.05, 4.69) is 5.32 Å². The van der Waals surface area contributed by atoms with E-state index in [1.54, 1.807) is 7.11 Å². The average molecular weight is 365 g/mol. The van der Waals surface area contributed by atoms with Crippen LogP contribution in [0.2, 0.25) is 0 Å². The topological polar surface area (TPSA) is 64.3 Å². The van der Waals surface area contributed by atoms with Gasteiger partial charge in [0.2, 0.25) is 5.91 Å². The van der Waals surface area contributed by atoms with Crippen molar-refractivity contribution in [1.82, 2.24) is 5.32 Å². The van der Waals surface area contributed by atoms with Gasteiger partial charge in [-0.2, -0.15) is 0 Å². The summed E-state index contributed by atoms with van der Waals surface area (Å²) in [5.74, 6) is 3.90. The van der Waals surface area contributed by atoms with Crippen molar-refractivity contribution in [2.45, 2.75) is 44.1 Å². The standard InChI is InChI=1S/C20H28N2O2.ClH/c1-24-18-4-2-13(3-5-18)11-19(23)22-12-20(21)16-7-14-6-15(9-16)10-17(20)8-14;/h2-5,14-17H,6-12,21H2,1H3,(H,22,23);1H. The average Bonchev–Trinajstić information content (AvgIpc) is 2.58. The Labute approximate surface area is 156 Å². The summed E-state index contributed by atoms with van der Waals surface area (Å²) >= 11 is 0. The van der Waals surface area contributed by atoms with Gasteiger partial charge in [0.25, 0.3) is 0 Å². The first kappa shape index (κ1) is 18.5. The predicted octanol–water partition coefficient (Wildman–Crippen LogP) is 2.93. The maximum Gasteiger partial charge on any atom is 0.224 e. The second kappa shape index (κ2) is 7.16. The zero-order valence-corrected chi connectivity index (χ0v) is 15.7. The van der Waals surface area contributed by atoms with Crippen molar-refractivity contribution < 1.29 is 9.53 Å². The molecule has 5 rings (SSSR count). The van der Waals surface area contributed by atoms with Gasteiger partial charge in [0.05, 0.1) is 13.5 Å². The van der Waals surface area contributed by atoms with Gasteiger partial charge in [0, 0.05) is 12.1 Å². The summed E-state index contributed by atoms with van der Waals surface area (Å²) in [7, 11) is 1.65. The molecule has 4 nitrogen and oxygen atoms in total. The Bertz CT molecular complexity index is 589. The molecule has 4 aliphatic rings. The number of rotatable bonds is 5. The Morgan fingerprint density at radius 3 is 2.20 bits per heavy atom. The third kappa shape index (κ3) is 3.52. The van der Waals surface area contributed by atoms with E-state index in [1.165, 1.54) is 32.1 Å². The normalized spacial score (nSPS) is 35.1. The van der Waals surface area contributed by atoms with Crippen LogP contribution in [0.25, 0.3) is 0 Å². The second-order valence-corrected chi connectivity index (χ2v) is 8.22. The van der Waals surface area contributed by atoms with Crippen molar-refractivity contribution in [2.75, 3.05) is 13.7 Å². The fraction of sp³-hybridized carbons (Fsp3) is 0.650. The highest BCUT2D eigenvalue weighted by Gasteiger charge is 2.55. The monoisotopic (exact) mass is 364 g/mol. The van der Waals surface area contributed by atoms with Gasteiger partial charge in [-0.25, -0.2) is 0 Å². The summed E-state index contributed by atoms with van der Waals surface area (Å²) in [5.41, 5.74) is 7.67. The first-order chi connectivity index (χ1) is 11.6. The number of carbonyl (C=O) groups is 1. The zero-order valence-electron chi connectivity index (χ0n) is 14.9. The largest absolute Gasteiger partial charge is 0.497 e. The van der Waals surface area contributed by atoms with Crippen molar-refractivity contribution in [3.63, 3.8) is 0 Å². The highest BCUT2D eigenvalue weighted by atomic mass is 35.5. The Balaban J connectivity index is 0.00000182. The molecule has 0 spiro atoms. The second-order valence-electron chi connectivity index (χ2n) is 8.22. The molecule has 4 saturated carbocycles. The fourth-order valence-corrected chi connectivity index (χ4v) is 5.59. The van der Waals surface area contributed by atoms with Crippen molar-refractivity contribution in [3.8, 4) is 5.75 Å². The molecule has 0 heterocycles. The number of nitrogens with two attached hydrogens (primary N) is 1. The van der Waals surface area contributed by atoms with E-state index >= 15 is 0 Å². The van der Waals surface area contributed by atoms with Crippen LogP contribution in [0, 0.1) is 23.7 Å². The van der Waals surface area contributed by atoms with Crippen LogP contribution in [0.5, 0.6) is 5.75 Å². The molecule has 138 valence electrons. The highest BCUT2D eigenvalue weighted by molar-refractivity contribution is 5.85. The van der Waals surface area contributed by atoms with Gasteiger partial charge >= 0.3 is 0 Å². The van der Waals surface area contributed by atoms with Crippen LogP contribution < -0.4 is 15.8 Å². The van der Waals surface area contributed by atoms with Gasteiger partial charge in [0.15, 0.2) is 0 Å². The number of hydrogen-bond acceptors (Lipinski definition) is 3. The van der Waals surface area contributed by atoms with E-state index in [0.29, 0.717) is 24.8 Å². The lowest BCUT2D eigenvalue weighted by molar-refractivity contribution is -0.122. The van der Waals surface area contributed by atoms with Crippen molar-refractivity contribution in [3.05, 3.63) is 29.8 Å². The minimum Gasteiger partial charge on any atom is -0.497 e. The molecule has 1 aromatic carbocycles. The maximum atomic E-state index is 12.3. The minimum absolute atomic E-state index is 0. The molecule has 0 aliphatic heterocycles. The molecule has 4 bridgehead atoms. The van der Waals surface area contributed by atoms with Crippen LogP contribution in [0.4, 0.5) is 0 Å². The first-order valence-electron chi connectivity index (χ1n) is 9.25. The number of methoxy groups -OCH3 is 1. The lowest BCUT2D eigenvalue weighted by Gasteiger charge is -2.59. The lowest BCUT2D eigenvalue weighted by Crippen LogP contribution is -2.67. The van der Waals surface area contributed by atoms with Gasteiger partial charge < -0.3 is 15.8 Å². The fourth-order valence-electron chi connectivity index (χ4n) is 5.59. The van der Waals surface area contributed by atoms with Gasteiger partial charge in [-0.05, 0) is 73.5 Å². The van der Waals surface area contributed by atoms with E-state index in [1.807, 2.05) is 24.3 Å². The van der Waals surface area contributed by atoms with Crippen molar-refractivity contribution in [1.29, 1.82) is 0 Å². The van der Waals surface area contributed by atoms with E-state index in [4.69, 9.17) is 10.5 Å². The van der Waals surface area contributed by atoms with E-state index in [0.717, 1.165) is 23.1 Å². The highest BCUT2D eigenvalue weighted by Crippen LogP contribution is 2.57. The van der Waals surface area contributed by atoms with Crippen LogP contribution >= 0.6 is 12.4 Å². The Morgan fingerprint density at radius 1 is 1.12 bits per heavy atom. The Hall–Kier alpha value is -1.26. The number of halogens is 1. The van der Waals surface area contributed by atoms with E-state index in [9.17, 15) is 4.79 Å². The maximum absolute atomic E-state index is 12.3. The molecular weight excluding hydrogens is 336 g/mol. The van der Waals surface area contributed by atoms with Gasteiger partial charge in [0.1, 0.15) is 5.75 Å². The Kier molecular flexibility index (Phi) is 5.31. The number of ether oxygens (including phenoxy) is 1. The van der Waals surface area contributed by atoms with Crippen molar-refractivity contribution in [2.24, 2.45) is 29.4 Å². The van der Waals surface area contributed by atoms with Gasteiger partial charge in [-0.1, -0.05) is 12.1 Å². The molecule has 3 N–H and O–H groups in total. The van der Waals surface area contributed by atoms with Crippen LogP contribution in [0.3, 0.4) is 0 Å². The summed E-state index contributed by atoms with van der Waals surface area (Å²) in [6, 6.07) is 7.68. The number of hydrogen-bond donors (Lipinski definition) is 2. The molecule has 0 aromatic heterocycles. The number of carbonyl (C=O) groups excluding carboxylic acids is 1. The van der Waals surface area contributed by atoms with Crippen LogP contribution in [-0.4, -0.2) is 25.1 Å². The van der Waals surface area contributed by atoms with Gasteiger partial charge in [-0.15, -0.1) is 12.4 Å². The third-order valence-electron chi connectivity index (χ3n) is 6.77. The molecule has 0 atom stereocenters. The smallest absolute Gasteiger partial charge is 0.224 e. The van der Waals surface area contributed by atoms with Crippen molar-refractivity contribution >= 4 is 18.3 Å². The number of benzene rings is 1. The third-order valence-corrected chi connectivity index (χ3v) is 6.77. The quantitative estimate of drug-likeness (QED) is 0.844. The van der Waals surface area contributed by atoms with Gasteiger partial charge in [-0.3, -0.25) is 4.79 Å². The molecule has 4 aliphatic carbocycles. The number of nitrogens with one attached hydrogen (secondary N) is 1. The summed E-state index contributed by atoms with van der Waals surface area (Å²) in [6.45, 7) is 0.636. The minimum atomic E-state index is -0.178. The SMILES string of the molecule is COc1ccc(CC(=O)NCC2(N)C3CC4CC(C3)CC2C4)cc1.Cl. The predicted molar refractivity (Wildman–Crippen MR) is 101 cm³/mol. The first-order valence-corrected chi connectivity index (χ1v) is 9.25. The summed E-state index contributed by atoms with van der Waals surface area (Å²) < 4.78 is 5.15. The molecule has 0 unspecified atom stereocenters.